The minimum atomic E-state index is 0.123. The molecule has 0 saturated carbocycles. The average Bonchev–Trinajstić information content (AvgIpc) is 2.42. The van der Waals surface area contributed by atoms with Crippen LogP contribution in [0.3, 0.4) is 0 Å². The summed E-state index contributed by atoms with van der Waals surface area (Å²) in [6.45, 7) is 2.12. The quantitative estimate of drug-likeness (QED) is 0.665. The van der Waals surface area contributed by atoms with Crippen molar-refractivity contribution in [3.05, 3.63) is 68.1 Å². The maximum Gasteiger partial charge on any atom is 0.168 e. The third-order valence-electron chi connectivity index (χ3n) is 3.02. The van der Waals surface area contributed by atoms with Crippen molar-refractivity contribution in [1.29, 1.82) is 0 Å². The molecule has 2 aromatic carbocycles. The van der Waals surface area contributed by atoms with E-state index in [-0.39, 0.29) is 5.78 Å². The number of halogens is 2. The van der Waals surface area contributed by atoms with E-state index in [1.165, 1.54) is 5.56 Å². The Hall–Kier alpha value is -0.930. The molecule has 0 aliphatic heterocycles. The molecular formula is C16H14Br2O. The lowest BCUT2D eigenvalue weighted by molar-refractivity contribution is 0.0992. The fourth-order valence-electron chi connectivity index (χ4n) is 1.88. The van der Waals surface area contributed by atoms with Gasteiger partial charge in [-0.05, 0) is 35.7 Å². The fraction of sp³-hybridized carbons (Fsp3) is 0.188. The van der Waals surface area contributed by atoms with E-state index in [4.69, 9.17) is 0 Å². The Labute approximate surface area is 130 Å². The van der Waals surface area contributed by atoms with Crippen LogP contribution in [0.2, 0.25) is 0 Å². The first-order valence-corrected chi connectivity index (χ1v) is 7.75. The van der Waals surface area contributed by atoms with Gasteiger partial charge in [-0.25, -0.2) is 0 Å². The van der Waals surface area contributed by atoms with Gasteiger partial charge in [-0.2, -0.15) is 0 Å². The van der Waals surface area contributed by atoms with Crippen molar-refractivity contribution in [3.8, 4) is 0 Å². The maximum absolute atomic E-state index is 12.3. The molecule has 0 aliphatic carbocycles. The molecule has 3 heteroatoms. The highest BCUT2D eigenvalue weighted by atomic mass is 79.9. The molecule has 0 aromatic heterocycles. The largest absolute Gasteiger partial charge is 0.294 e. The zero-order valence-electron chi connectivity index (χ0n) is 10.6. The Balaban J connectivity index is 2.18. The number of ketones is 1. The molecule has 98 valence electrons. The van der Waals surface area contributed by atoms with Crippen LogP contribution in [0.25, 0.3) is 0 Å². The third kappa shape index (κ3) is 3.77. The van der Waals surface area contributed by atoms with Crippen molar-refractivity contribution < 1.29 is 4.79 Å². The molecule has 2 rings (SSSR count). The number of hydrogen-bond acceptors (Lipinski definition) is 1. The Kier molecular flexibility index (Phi) is 4.94. The van der Waals surface area contributed by atoms with Gasteiger partial charge in [-0.3, -0.25) is 4.79 Å². The summed E-state index contributed by atoms with van der Waals surface area (Å²) in [6, 6.07) is 13.9. The molecule has 0 aliphatic rings. The second-order valence-electron chi connectivity index (χ2n) is 4.39. The van der Waals surface area contributed by atoms with Crippen molar-refractivity contribution >= 4 is 37.6 Å². The molecule has 0 fully saturated rings. The van der Waals surface area contributed by atoms with Crippen LogP contribution in [0, 0.1) is 0 Å². The van der Waals surface area contributed by atoms with Crippen LogP contribution >= 0.6 is 31.9 Å². The van der Waals surface area contributed by atoms with E-state index in [0.29, 0.717) is 12.0 Å². The van der Waals surface area contributed by atoms with Gasteiger partial charge in [-0.1, -0.05) is 63.0 Å². The number of aryl methyl sites for hydroxylation is 1. The summed E-state index contributed by atoms with van der Waals surface area (Å²) in [4.78, 5) is 12.3. The van der Waals surface area contributed by atoms with Gasteiger partial charge in [0.25, 0.3) is 0 Å². The second kappa shape index (κ2) is 6.49. The normalized spacial score (nSPS) is 10.5. The second-order valence-corrected chi connectivity index (χ2v) is 6.16. The Morgan fingerprint density at radius 3 is 2.26 bits per heavy atom. The third-order valence-corrected chi connectivity index (χ3v) is 4.21. The van der Waals surface area contributed by atoms with Crippen molar-refractivity contribution in [2.45, 2.75) is 19.8 Å². The van der Waals surface area contributed by atoms with E-state index in [0.717, 1.165) is 20.9 Å². The van der Waals surface area contributed by atoms with Crippen molar-refractivity contribution in [1.82, 2.24) is 0 Å². The minimum absolute atomic E-state index is 0.123. The number of carbonyl (C=O) groups is 1. The Morgan fingerprint density at radius 1 is 1.00 bits per heavy atom. The molecule has 2 aromatic rings. The number of benzene rings is 2. The lowest BCUT2D eigenvalue weighted by atomic mass is 10.0. The smallest absolute Gasteiger partial charge is 0.168 e. The van der Waals surface area contributed by atoms with E-state index in [1.54, 1.807) is 0 Å². The number of Topliss-reactive ketones (excluding diaryl/α,β-unsaturated/α-hetero) is 1. The molecule has 19 heavy (non-hydrogen) atoms. The highest BCUT2D eigenvalue weighted by Gasteiger charge is 2.11. The molecule has 0 radical (unpaired) electrons. The Bertz CT molecular complexity index is 588. The van der Waals surface area contributed by atoms with E-state index in [1.807, 2.05) is 30.3 Å². The van der Waals surface area contributed by atoms with E-state index in [9.17, 15) is 4.79 Å². The first-order chi connectivity index (χ1) is 9.10. The molecule has 1 nitrogen and oxygen atoms in total. The summed E-state index contributed by atoms with van der Waals surface area (Å²) in [5.41, 5.74) is 3.06. The van der Waals surface area contributed by atoms with Gasteiger partial charge >= 0.3 is 0 Å². The van der Waals surface area contributed by atoms with Crippen molar-refractivity contribution in [3.63, 3.8) is 0 Å². The van der Waals surface area contributed by atoms with Gasteiger partial charge in [-0.15, -0.1) is 0 Å². The first-order valence-electron chi connectivity index (χ1n) is 6.16. The van der Waals surface area contributed by atoms with Crippen LogP contribution in [0.4, 0.5) is 0 Å². The molecule has 0 amide bonds. The number of carbonyl (C=O) groups excluding carboxylic acids is 1. The summed E-state index contributed by atoms with van der Waals surface area (Å²) in [6.07, 6.45) is 1.45. The highest BCUT2D eigenvalue weighted by Crippen LogP contribution is 2.23. The van der Waals surface area contributed by atoms with Crippen LogP contribution in [0.1, 0.15) is 28.4 Å². The van der Waals surface area contributed by atoms with Crippen LogP contribution in [0.15, 0.2) is 51.4 Å². The molecule has 0 unspecified atom stereocenters. The van der Waals surface area contributed by atoms with E-state index >= 15 is 0 Å². The Morgan fingerprint density at radius 2 is 1.63 bits per heavy atom. The monoisotopic (exact) mass is 380 g/mol. The zero-order valence-corrected chi connectivity index (χ0v) is 13.8. The zero-order chi connectivity index (χ0) is 13.8. The summed E-state index contributed by atoms with van der Waals surface area (Å²) in [5.74, 6) is 0.123. The van der Waals surface area contributed by atoms with Crippen LogP contribution in [0.5, 0.6) is 0 Å². The predicted octanol–water partition coefficient (Wildman–Crippen LogP) is 5.20. The molecule has 0 atom stereocenters. The molecule has 0 N–H and O–H groups in total. The van der Waals surface area contributed by atoms with Gasteiger partial charge in [0.2, 0.25) is 0 Å². The average molecular weight is 382 g/mol. The first kappa shape index (κ1) is 14.5. The molecular weight excluding hydrogens is 368 g/mol. The number of hydrogen-bond donors (Lipinski definition) is 0. The van der Waals surface area contributed by atoms with Crippen LogP contribution in [-0.4, -0.2) is 5.78 Å². The standard InChI is InChI=1S/C16H14Br2O/c1-2-11-3-5-12(6-4-11)9-16(19)14-10-13(17)7-8-15(14)18/h3-8,10H,2,9H2,1H3. The molecule has 0 bridgehead atoms. The lowest BCUT2D eigenvalue weighted by Crippen LogP contribution is -2.04. The van der Waals surface area contributed by atoms with E-state index < -0.39 is 0 Å². The van der Waals surface area contributed by atoms with Gasteiger partial charge in [0.1, 0.15) is 0 Å². The van der Waals surface area contributed by atoms with Gasteiger partial charge in [0.15, 0.2) is 5.78 Å². The van der Waals surface area contributed by atoms with Gasteiger partial charge in [0, 0.05) is 20.9 Å². The summed E-state index contributed by atoms with van der Waals surface area (Å²) >= 11 is 6.82. The lowest BCUT2D eigenvalue weighted by Gasteiger charge is -2.05. The summed E-state index contributed by atoms with van der Waals surface area (Å²) in [5, 5.41) is 0. The van der Waals surface area contributed by atoms with Crippen LogP contribution in [-0.2, 0) is 12.8 Å². The van der Waals surface area contributed by atoms with Crippen LogP contribution < -0.4 is 0 Å². The SMILES string of the molecule is CCc1ccc(CC(=O)c2cc(Br)ccc2Br)cc1. The minimum Gasteiger partial charge on any atom is -0.294 e. The van der Waals surface area contributed by atoms with Gasteiger partial charge < -0.3 is 0 Å². The maximum atomic E-state index is 12.3. The molecule has 0 heterocycles. The molecule has 0 saturated heterocycles. The number of rotatable bonds is 4. The summed E-state index contributed by atoms with van der Waals surface area (Å²) in [7, 11) is 0. The topological polar surface area (TPSA) is 17.1 Å². The van der Waals surface area contributed by atoms with Crippen molar-refractivity contribution in [2.75, 3.05) is 0 Å². The predicted molar refractivity (Wildman–Crippen MR) is 85.7 cm³/mol. The molecule has 0 spiro atoms. The fourth-order valence-corrected chi connectivity index (χ4v) is 2.71. The van der Waals surface area contributed by atoms with Crippen molar-refractivity contribution in [2.24, 2.45) is 0 Å². The van der Waals surface area contributed by atoms with E-state index in [2.05, 4.69) is 50.9 Å². The highest BCUT2D eigenvalue weighted by molar-refractivity contribution is 9.11. The van der Waals surface area contributed by atoms with Gasteiger partial charge in [0.05, 0.1) is 0 Å². The summed E-state index contributed by atoms with van der Waals surface area (Å²) < 4.78 is 1.76.